The van der Waals surface area contributed by atoms with Gasteiger partial charge in [0.15, 0.2) is 0 Å². The Bertz CT molecular complexity index is 192. The Kier molecular flexibility index (Phi) is 3.71. The molecule has 2 aliphatic carbocycles. The van der Waals surface area contributed by atoms with E-state index in [4.69, 9.17) is 0 Å². The maximum atomic E-state index is 3.76. The molecule has 15 heavy (non-hydrogen) atoms. The van der Waals surface area contributed by atoms with E-state index in [1.54, 1.807) is 0 Å². The maximum absolute atomic E-state index is 3.76. The molecule has 1 N–H and O–H groups in total. The van der Waals surface area contributed by atoms with Gasteiger partial charge in [0.2, 0.25) is 0 Å². The van der Waals surface area contributed by atoms with Crippen molar-refractivity contribution in [1.29, 1.82) is 0 Å². The lowest BCUT2D eigenvalue weighted by Crippen LogP contribution is -2.29. The molecule has 2 rings (SSSR count). The van der Waals surface area contributed by atoms with Gasteiger partial charge in [-0.25, -0.2) is 0 Å². The Morgan fingerprint density at radius 1 is 1.13 bits per heavy atom. The predicted molar refractivity (Wildman–Crippen MR) is 66.0 cm³/mol. The molecule has 0 amide bonds. The van der Waals surface area contributed by atoms with Crippen LogP contribution in [-0.2, 0) is 0 Å². The van der Waals surface area contributed by atoms with Gasteiger partial charge in [-0.2, -0.15) is 0 Å². The summed E-state index contributed by atoms with van der Waals surface area (Å²) in [5, 5.41) is 3.76. The summed E-state index contributed by atoms with van der Waals surface area (Å²) in [5.74, 6) is 1.05. The van der Waals surface area contributed by atoms with Gasteiger partial charge in [0, 0.05) is 6.04 Å². The summed E-state index contributed by atoms with van der Waals surface area (Å²) >= 11 is 0. The minimum atomic E-state index is 0.602. The molecule has 0 aromatic rings. The highest BCUT2D eigenvalue weighted by atomic mass is 14.9. The van der Waals surface area contributed by atoms with E-state index in [1.165, 1.54) is 57.9 Å². The molecule has 2 aliphatic rings. The van der Waals surface area contributed by atoms with Gasteiger partial charge in [0.05, 0.1) is 0 Å². The lowest BCUT2D eigenvalue weighted by molar-refractivity contribution is 0.360. The van der Waals surface area contributed by atoms with Crippen molar-refractivity contribution in [2.24, 2.45) is 11.3 Å². The number of nitrogens with one attached hydrogen (secondary N) is 1. The zero-order chi connectivity index (χ0) is 10.7. The zero-order valence-corrected chi connectivity index (χ0v) is 10.5. The van der Waals surface area contributed by atoms with E-state index < -0.39 is 0 Å². The van der Waals surface area contributed by atoms with Crippen LogP contribution in [0.5, 0.6) is 0 Å². The van der Waals surface area contributed by atoms with Crippen molar-refractivity contribution in [3.05, 3.63) is 0 Å². The molecule has 1 unspecified atom stereocenters. The average molecular weight is 209 g/mol. The van der Waals surface area contributed by atoms with Gasteiger partial charge < -0.3 is 5.32 Å². The highest BCUT2D eigenvalue weighted by Gasteiger charge is 2.30. The molecule has 0 heterocycles. The van der Waals surface area contributed by atoms with E-state index in [9.17, 15) is 0 Å². The normalized spacial score (nSPS) is 31.2. The van der Waals surface area contributed by atoms with Gasteiger partial charge in [-0.05, 0) is 43.6 Å². The van der Waals surface area contributed by atoms with Crippen molar-refractivity contribution in [2.45, 2.75) is 71.3 Å². The molecule has 88 valence electrons. The average Bonchev–Trinajstić information content (AvgIpc) is 2.76. The summed E-state index contributed by atoms with van der Waals surface area (Å²) in [7, 11) is 0. The number of hydrogen-bond donors (Lipinski definition) is 1. The van der Waals surface area contributed by atoms with Crippen LogP contribution in [0.15, 0.2) is 0 Å². The molecule has 2 saturated carbocycles. The van der Waals surface area contributed by atoms with Gasteiger partial charge in [0.1, 0.15) is 0 Å². The summed E-state index contributed by atoms with van der Waals surface area (Å²) in [4.78, 5) is 0. The quantitative estimate of drug-likeness (QED) is 0.744. The molecule has 0 radical (unpaired) electrons. The second kappa shape index (κ2) is 4.86. The highest BCUT2D eigenvalue weighted by Crippen LogP contribution is 2.37. The fraction of sp³-hybridized carbons (Fsp3) is 1.00. The molecule has 0 aromatic carbocycles. The van der Waals surface area contributed by atoms with Crippen molar-refractivity contribution >= 4 is 0 Å². The van der Waals surface area contributed by atoms with Crippen LogP contribution in [0, 0.1) is 11.3 Å². The van der Waals surface area contributed by atoms with Crippen LogP contribution in [0.1, 0.15) is 65.2 Å². The Balaban J connectivity index is 1.58. The third kappa shape index (κ3) is 3.48. The first-order valence-electron chi connectivity index (χ1n) is 6.89. The second-order valence-electron chi connectivity index (χ2n) is 6.50. The van der Waals surface area contributed by atoms with Crippen LogP contribution in [-0.4, -0.2) is 12.6 Å². The molecule has 1 heteroatoms. The summed E-state index contributed by atoms with van der Waals surface area (Å²) in [6.45, 7) is 6.09. The van der Waals surface area contributed by atoms with Gasteiger partial charge in [-0.15, -0.1) is 0 Å². The lowest BCUT2D eigenvalue weighted by Gasteiger charge is -2.18. The van der Waals surface area contributed by atoms with Gasteiger partial charge >= 0.3 is 0 Å². The minimum absolute atomic E-state index is 0.602. The van der Waals surface area contributed by atoms with E-state index in [1.807, 2.05) is 0 Å². The Morgan fingerprint density at radius 2 is 1.87 bits per heavy atom. The first-order chi connectivity index (χ1) is 7.16. The van der Waals surface area contributed by atoms with Crippen molar-refractivity contribution in [1.82, 2.24) is 5.32 Å². The molecular weight excluding hydrogens is 182 g/mol. The Morgan fingerprint density at radius 3 is 2.47 bits per heavy atom. The summed E-state index contributed by atoms with van der Waals surface area (Å²) in [5.41, 5.74) is 0.602. The SMILES string of the molecule is CC1(C)CCC(NCCC2CCCC2)C1. The number of rotatable bonds is 4. The summed E-state index contributed by atoms with van der Waals surface area (Å²) in [6.07, 6.45) is 11.6. The third-order valence-electron chi connectivity index (χ3n) is 4.43. The number of hydrogen-bond acceptors (Lipinski definition) is 1. The standard InChI is InChI=1S/C14H27N/c1-14(2)9-7-13(11-14)15-10-8-12-5-3-4-6-12/h12-13,15H,3-11H2,1-2H3. The largest absolute Gasteiger partial charge is 0.314 e. The molecule has 0 bridgehead atoms. The van der Waals surface area contributed by atoms with E-state index in [-0.39, 0.29) is 0 Å². The monoisotopic (exact) mass is 209 g/mol. The van der Waals surface area contributed by atoms with Crippen LogP contribution in [0.2, 0.25) is 0 Å². The van der Waals surface area contributed by atoms with Crippen LogP contribution < -0.4 is 5.32 Å². The van der Waals surface area contributed by atoms with Crippen LogP contribution in [0.25, 0.3) is 0 Å². The first kappa shape index (κ1) is 11.4. The predicted octanol–water partition coefficient (Wildman–Crippen LogP) is 3.74. The molecule has 2 fully saturated rings. The third-order valence-corrected chi connectivity index (χ3v) is 4.43. The van der Waals surface area contributed by atoms with Gasteiger partial charge in [0.25, 0.3) is 0 Å². The minimum Gasteiger partial charge on any atom is -0.314 e. The van der Waals surface area contributed by atoms with Crippen LogP contribution in [0.4, 0.5) is 0 Å². The first-order valence-corrected chi connectivity index (χ1v) is 6.89. The maximum Gasteiger partial charge on any atom is 0.00723 e. The van der Waals surface area contributed by atoms with Crippen LogP contribution in [0.3, 0.4) is 0 Å². The summed E-state index contributed by atoms with van der Waals surface area (Å²) < 4.78 is 0. The fourth-order valence-electron chi connectivity index (χ4n) is 3.40. The highest BCUT2D eigenvalue weighted by molar-refractivity contribution is 4.86. The van der Waals surface area contributed by atoms with Gasteiger partial charge in [-0.1, -0.05) is 39.5 Å². The van der Waals surface area contributed by atoms with Gasteiger partial charge in [-0.3, -0.25) is 0 Å². The molecular formula is C14H27N. The fourth-order valence-corrected chi connectivity index (χ4v) is 3.40. The molecule has 1 nitrogen and oxygen atoms in total. The molecule has 0 aromatic heterocycles. The summed E-state index contributed by atoms with van der Waals surface area (Å²) in [6, 6.07) is 0.821. The van der Waals surface area contributed by atoms with E-state index >= 15 is 0 Å². The molecule has 0 saturated heterocycles. The Labute approximate surface area is 95.0 Å². The second-order valence-corrected chi connectivity index (χ2v) is 6.50. The van der Waals surface area contributed by atoms with Crippen molar-refractivity contribution < 1.29 is 0 Å². The van der Waals surface area contributed by atoms with E-state index in [0.717, 1.165) is 12.0 Å². The van der Waals surface area contributed by atoms with E-state index in [0.29, 0.717) is 5.41 Å². The van der Waals surface area contributed by atoms with E-state index in [2.05, 4.69) is 19.2 Å². The smallest absolute Gasteiger partial charge is 0.00723 e. The van der Waals surface area contributed by atoms with Crippen molar-refractivity contribution in [2.75, 3.05) is 6.54 Å². The molecule has 0 spiro atoms. The molecule has 1 atom stereocenters. The topological polar surface area (TPSA) is 12.0 Å². The van der Waals surface area contributed by atoms with Crippen molar-refractivity contribution in [3.8, 4) is 0 Å². The van der Waals surface area contributed by atoms with Crippen LogP contribution >= 0.6 is 0 Å². The molecule has 0 aliphatic heterocycles. The van der Waals surface area contributed by atoms with Crippen molar-refractivity contribution in [3.63, 3.8) is 0 Å². The lowest BCUT2D eigenvalue weighted by atomic mass is 9.92. The zero-order valence-electron chi connectivity index (χ0n) is 10.5. The Hall–Kier alpha value is -0.0400.